The number of hydrogen-bond donors (Lipinski definition) is 2. The number of rotatable bonds is 5. The summed E-state index contributed by atoms with van der Waals surface area (Å²) in [4.78, 5) is 14.7. The number of nitrogens with zero attached hydrogens (tertiary/aromatic N) is 1. The number of nitrogens with two attached hydrogens (primary N) is 1. The Kier molecular flexibility index (Phi) is 5.44. The predicted octanol–water partition coefficient (Wildman–Crippen LogP) is 1.74. The van der Waals surface area contributed by atoms with E-state index in [9.17, 15) is 4.79 Å². The quantitative estimate of drug-likeness (QED) is 0.811. The summed E-state index contributed by atoms with van der Waals surface area (Å²) in [6.45, 7) is 6.26. The van der Waals surface area contributed by atoms with Crippen molar-refractivity contribution in [3.05, 3.63) is 23.8 Å². The van der Waals surface area contributed by atoms with Crippen LogP contribution in [0.3, 0.4) is 0 Å². The molecule has 0 saturated carbocycles. The minimum Gasteiger partial charge on any atom is -0.496 e. The summed E-state index contributed by atoms with van der Waals surface area (Å²) in [5.74, 6) is 1.00. The maximum absolute atomic E-state index is 12.3. The molecule has 0 radical (unpaired) electrons. The number of likely N-dealkylation sites (tertiary alicyclic amines) is 1. The van der Waals surface area contributed by atoms with Crippen LogP contribution in [0.25, 0.3) is 0 Å². The Morgan fingerprint density at radius 1 is 1.43 bits per heavy atom. The monoisotopic (exact) mass is 291 g/mol. The molecule has 0 bridgehead atoms. The molecule has 5 nitrogen and oxygen atoms in total. The lowest BCUT2D eigenvalue weighted by Gasteiger charge is -2.31. The van der Waals surface area contributed by atoms with Crippen LogP contribution in [-0.2, 0) is 0 Å². The lowest BCUT2D eigenvalue weighted by atomic mass is 9.96. The smallest absolute Gasteiger partial charge is 0.255 e. The highest BCUT2D eigenvalue weighted by Gasteiger charge is 2.19. The number of piperidine rings is 1. The van der Waals surface area contributed by atoms with Gasteiger partial charge in [-0.25, -0.2) is 0 Å². The summed E-state index contributed by atoms with van der Waals surface area (Å²) in [5.41, 5.74) is 6.82. The van der Waals surface area contributed by atoms with Crippen molar-refractivity contribution in [1.82, 2.24) is 10.2 Å². The summed E-state index contributed by atoms with van der Waals surface area (Å²) >= 11 is 0. The highest BCUT2D eigenvalue weighted by molar-refractivity contribution is 5.97. The van der Waals surface area contributed by atoms with Gasteiger partial charge < -0.3 is 20.7 Å². The van der Waals surface area contributed by atoms with Crippen LogP contribution in [0, 0.1) is 5.92 Å². The van der Waals surface area contributed by atoms with Gasteiger partial charge in [-0.15, -0.1) is 0 Å². The average Bonchev–Trinajstić information content (AvgIpc) is 2.53. The maximum Gasteiger partial charge on any atom is 0.255 e. The van der Waals surface area contributed by atoms with Crippen LogP contribution in [0.1, 0.15) is 30.1 Å². The molecule has 0 aliphatic carbocycles. The Bertz CT molecular complexity index is 482. The summed E-state index contributed by atoms with van der Waals surface area (Å²) in [6, 6.07) is 5.12. The highest BCUT2D eigenvalue weighted by Crippen LogP contribution is 2.21. The summed E-state index contributed by atoms with van der Waals surface area (Å²) in [7, 11) is 1.56. The van der Waals surface area contributed by atoms with E-state index in [-0.39, 0.29) is 5.91 Å². The van der Waals surface area contributed by atoms with Crippen LogP contribution in [0.2, 0.25) is 0 Å². The number of methoxy groups -OCH3 is 1. The van der Waals surface area contributed by atoms with E-state index in [4.69, 9.17) is 10.5 Å². The van der Waals surface area contributed by atoms with E-state index >= 15 is 0 Å². The molecular weight excluding hydrogens is 266 g/mol. The normalized spacial score (nSPS) is 16.7. The summed E-state index contributed by atoms with van der Waals surface area (Å²) < 4.78 is 5.22. The molecule has 1 fully saturated rings. The van der Waals surface area contributed by atoms with Gasteiger partial charge in [0.2, 0.25) is 0 Å². The first-order valence-electron chi connectivity index (χ1n) is 7.58. The number of ether oxygens (including phenoxy) is 1. The molecule has 0 aromatic heterocycles. The number of amides is 1. The zero-order chi connectivity index (χ0) is 15.2. The van der Waals surface area contributed by atoms with Crippen molar-refractivity contribution in [2.75, 3.05) is 39.0 Å². The SMILES string of the molecule is CCN1CCC(CNC(=O)c2cc(N)ccc2OC)CC1. The van der Waals surface area contributed by atoms with Crippen molar-refractivity contribution in [2.45, 2.75) is 19.8 Å². The number of nitrogen functional groups attached to an aromatic ring is 1. The van der Waals surface area contributed by atoms with Crippen LogP contribution in [-0.4, -0.2) is 44.1 Å². The topological polar surface area (TPSA) is 67.6 Å². The van der Waals surface area contributed by atoms with Crippen molar-refractivity contribution in [3.63, 3.8) is 0 Å². The van der Waals surface area contributed by atoms with Crippen LogP contribution in [0.4, 0.5) is 5.69 Å². The van der Waals surface area contributed by atoms with Gasteiger partial charge >= 0.3 is 0 Å². The highest BCUT2D eigenvalue weighted by atomic mass is 16.5. The van der Waals surface area contributed by atoms with Crippen molar-refractivity contribution >= 4 is 11.6 Å². The average molecular weight is 291 g/mol. The third-order valence-corrected chi connectivity index (χ3v) is 4.17. The molecule has 3 N–H and O–H groups in total. The fourth-order valence-corrected chi connectivity index (χ4v) is 2.74. The van der Waals surface area contributed by atoms with E-state index in [0.717, 1.165) is 32.5 Å². The minimum absolute atomic E-state index is 0.114. The van der Waals surface area contributed by atoms with Crippen molar-refractivity contribution < 1.29 is 9.53 Å². The summed E-state index contributed by atoms with van der Waals surface area (Å²) in [6.07, 6.45) is 2.28. The molecule has 2 rings (SSSR count). The molecule has 5 heteroatoms. The summed E-state index contributed by atoms with van der Waals surface area (Å²) in [5, 5.41) is 3.01. The van der Waals surface area contributed by atoms with Gasteiger partial charge in [0.05, 0.1) is 12.7 Å². The Balaban J connectivity index is 1.89. The Hall–Kier alpha value is -1.75. The van der Waals surface area contributed by atoms with Crippen molar-refractivity contribution in [3.8, 4) is 5.75 Å². The minimum atomic E-state index is -0.114. The van der Waals surface area contributed by atoms with E-state index in [0.29, 0.717) is 29.5 Å². The molecule has 1 heterocycles. The van der Waals surface area contributed by atoms with Gasteiger partial charge in [0.1, 0.15) is 5.75 Å². The van der Waals surface area contributed by atoms with Gasteiger partial charge in [-0.1, -0.05) is 6.92 Å². The van der Waals surface area contributed by atoms with Crippen LogP contribution in [0.15, 0.2) is 18.2 Å². The van der Waals surface area contributed by atoms with Crippen LogP contribution < -0.4 is 15.8 Å². The van der Waals surface area contributed by atoms with Crippen LogP contribution in [0.5, 0.6) is 5.75 Å². The zero-order valence-electron chi connectivity index (χ0n) is 12.9. The second kappa shape index (κ2) is 7.31. The zero-order valence-corrected chi connectivity index (χ0v) is 12.9. The van der Waals surface area contributed by atoms with E-state index in [1.54, 1.807) is 25.3 Å². The first-order valence-corrected chi connectivity index (χ1v) is 7.58. The second-order valence-corrected chi connectivity index (χ2v) is 5.55. The van der Waals surface area contributed by atoms with Gasteiger partial charge in [0, 0.05) is 12.2 Å². The standard InChI is InChI=1S/C16H25N3O2/c1-3-19-8-6-12(7-9-19)11-18-16(20)14-10-13(17)4-5-15(14)21-2/h4-5,10,12H,3,6-9,11,17H2,1-2H3,(H,18,20). The lowest BCUT2D eigenvalue weighted by Crippen LogP contribution is -2.38. The van der Waals surface area contributed by atoms with E-state index in [2.05, 4.69) is 17.1 Å². The number of anilines is 1. The fraction of sp³-hybridized carbons (Fsp3) is 0.562. The molecule has 0 unspecified atom stereocenters. The predicted molar refractivity (Wildman–Crippen MR) is 84.6 cm³/mol. The number of carbonyl (C=O) groups excluding carboxylic acids is 1. The number of carbonyl (C=O) groups is 1. The Labute approximate surface area is 126 Å². The molecule has 1 aliphatic heterocycles. The Morgan fingerprint density at radius 2 is 2.14 bits per heavy atom. The van der Waals surface area contributed by atoms with Crippen LogP contribution >= 0.6 is 0 Å². The van der Waals surface area contributed by atoms with Gasteiger partial charge in [0.15, 0.2) is 0 Å². The van der Waals surface area contributed by atoms with E-state index in [1.807, 2.05) is 0 Å². The first kappa shape index (κ1) is 15.6. The van der Waals surface area contributed by atoms with Crippen molar-refractivity contribution in [2.24, 2.45) is 5.92 Å². The fourth-order valence-electron chi connectivity index (χ4n) is 2.74. The van der Waals surface area contributed by atoms with Gasteiger partial charge in [0.25, 0.3) is 5.91 Å². The molecule has 116 valence electrons. The molecule has 1 aromatic carbocycles. The van der Waals surface area contributed by atoms with E-state index < -0.39 is 0 Å². The van der Waals surface area contributed by atoms with Gasteiger partial charge in [-0.3, -0.25) is 4.79 Å². The second-order valence-electron chi connectivity index (χ2n) is 5.55. The Morgan fingerprint density at radius 3 is 2.76 bits per heavy atom. The maximum atomic E-state index is 12.3. The van der Waals surface area contributed by atoms with Crippen molar-refractivity contribution in [1.29, 1.82) is 0 Å². The third kappa shape index (κ3) is 4.11. The number of benzene rings is 1. The molecular formula is C16H25N3O2. The largest absolute Gasteiger partial charge is 0.496 e. The number of nitrogens with one attached hydrogen (secondary N) is 1. The lowest BCUT2D eigenvalue weighted by molar-refractivity contribution is 0.0934. The molecule has 0 atom stereocenters. The molecule has 1 amide bonds. The van der Waals surface area contributed by atoms with Gasteiger partial charge in [-0.2, -0.15) is 0 Å². The first-order chi connectivity index (χ1) is 10.1. The third-order valence-electron chi connectivity index (χ3n) is 4.17. The molecule has 1 aliphatic rings. The molecule has 1 aromatic rings. The molecule has 0 spiro atoms. The molecule has 21 heavy (non-hydrogen) atoms. The van der Waals surface area contributed by atoms with E-state index in [1.165, 1.54) is 0 Å². The van der Waals surface area contributed by atoms with Gasteiger partial charge in [-0.05, 0) is 56.6 Å². The number of hydrogen-bond acceptors (Lipinski definition) is 4. The molecule has 1 saturated heterocycles.